The highest BCUT2D eigenvalue weighted by atomic mass is 16.3. The summed E-state index contributed by atoms with van der Waals surface area (Å²) in [7, 11) is 0. The van der Waals surface area contributed by atoms with Gasteiger partial charge in [-0.1, -0.05) is 0 Å². The van der Waals surface area contributed by atoms with Gasteiger partial charge in [-0.3, -0.25) is 9.78 Å². The maximum Gasteiger partial charge on any atom is 0.252 e. The van der Waals surface area contributed by atoms with Crippen LogP contribution in [0.5, 0.6) is 5.75 Å². The minimum absolute atomic E-state index is 0.0296. The number of aliphatic hydroxyl groups excluding tert-OH is 1. The summed E-state index contributed by atoms with van der Waals surface area (Å²) >= 11 is 0. The predicted molar refractivity (Wildman–Crippen MR) is 54.6 cm³/mol. The standard InChI is InChI=1S/C10H14N2O3/c13-4-2-1-3-12-10(15)8-5-9(14)7-11-6-8/h5-7,13-14H,1-4H2,(H,12,15). The van der Waals surface area contributed by atoms with Crippen LogP contribution in [0.4, 0.5) is 0 Å². The highest BCUT2D eigenvalue weighted by molar-refractivity contribution is 5.94. The van der Waals surface area contributed by atoms with Crippen molar-refractivity contribution in [2.45, 2.75) is 12.8 Å². The van der Waals surface area contributed by atoms with Gasteiger partial charge in [0.15, 0.2) is 0 Å². The van der Waals surface area contributed by atoms with Gasteiger partial charge in [0.1, 0.15) is 5.75 Å². The molecule has 1 aromatic heterocycles. The van der Waals surface area contributed by atoms with Gasteiger partial charge in [0, 0.05) is 19.3 Å². The summed E-state index contributed by atoms with van der Waals surface area (Å²) in [5, 5.41) is 20.3. The van der Waals surface area contributed by atoms with Crippen molar-refractivity contribution in [1.29, 1.82) is 0 Å². The van der Waals surface area contributed by atoms with E-state index in [4.69, 9.17) is 10.2 Å². The van der Waals surface area contributed by atoms with Crippen LogP contribution in [0.3, 0.4) is 0 Å². The zero-order chi connectivity index (χ0) is 11.1. The molecular formula is C10H14N2O3. The number of hydrogen-bond acceptors (Lipinski definition) is 4. The van der Waals surface area contributed by atoms with E-state index < -0.39 is 0 Å². The molecule has 0 spiro atoms. The van der Waals surface area contributed by atoms with Crippen LogP contribution in [-0.4, -0.2) is 34.3 Å². The van der Waals surface area contributed by atoms with E-state index in [0.29, 0.717) is 18.5 Å². The average molecular weight is 210 g/mol. The lowest BCUT2D eigenvalue weighted by Gasteiger charge is -2.04. The Hall–Kier alpha value is -1.62. The number of hydrogen-bond donors (Lipinski definition) is 3. The Balaban J connectivity index is 2.40. The van der Waals surface area contributed by atoms with E-state index in [1.165, 1.54) is 18.5 Å². The largest absolute Gasteiger partial charge is 0.506 e. The van der Waals surface area contributed by atoms with Gasteiger partial charge in [-0.2, -0.15) is 0 Å². The van der Waals surface area contributed by atoms with Gasteiger partial charge in [0.25, 0.3) is 5.91 Å². The molecule has 1 aromatic rings. The second-order valence-corrected chi connectivity index (χ2v) is 3.12. The number of nitrogens with zero attached hydrogens (tertiary/aromatic N) is 1. The first kappa shape index (κ1) is 11.5. The Kier molecular flexibility index (Phi) is 4.56. The number of rotatable bonds is 5. The summed E-state index contributed by atoms with van der Waals surface area (Å²) in [6, 6.07) is 1.36. The van der Waals surface area contributed by atoms with Crippen LogP contribution >= 0.6 is 0 Å². The van der Waals surface area contributed by atoms with E-state index in [1.54, 1.807) is 0 Å². The summed E-state index contributed by atoms with van der Waals surface area (Å²) in [5.41, 5.74) is 0.332. The fourth-order valence-corrected chi connectivity index (χ4v) is 1.09. The number of carbonyl (C=O) groups excluding carboxylic acids is 1. The Morgan fingerprint density at radius 1 is 1.40 bits per heavy atom. The zero-order valence-electron chi connectivity index (χ0n) is 8.31. The second-order valence-electron chi connectivity index (χ2n) is 3.12. The van der Waals surface area contributed by atoms with Gasteiger partial charge in [0.05, 0.1) is 11.8 Å². The van der Waals surface area contributed by atoms with Gasteiger partial charge in [0.2, 0.25) is 0 Å². The molecular weight excluding hydrogens is 196 g/mol. The van der Waals surface area contributed by atoms with Crippen LogP contribution in [0.25, 0.3) is 0 Å². The predicted octanol–water partition coefficient (Wildman–Crippen LogP) is 0.289. The van der Waals surface area contributed by atoms with E-state index in [1.807, 2.05) is 0 Å². The van der Waals surface area contributed by atoms with Crippen molar-refractivity contribution in [2.75, 3.05) is 13.2 Å². The molecule has 0 saturated heterocycles. The summed E-state index contributed by atoms with van der Waals surface area (Å²) in [6.45, 7) is 0.638. The van der Waals surface area contributed by atoms with Crippen LogP contribution in [0.1, 0.15) is 23.2 Å². The molecule has 0 aromatic carbocycles. The first-order chi connectivity index (χ1) is 7.24. The van der Waals surface area contributed by atoms with E-state index >= 15 is 0 Å². The molecule has 0 saturated carbocycles. The number of amides is 1. The second kappa shape index (κ2) is 5.98. The van der Waals surface area contributed by atoms with Crippen LogP contribution in [0.15, 0.2) is 18.5 Å². The van der Waals surface area contributed by atoms with Crippen molar-refractivity contribution in [3.05, 3.63) is 24.0 Å². The molecule has 15 heavy (non-hydrogen) atoms. The minimum Gasteiger partial charge on any atom is -0.506 e. The van der Waals surface area contributed by atoms with Crippen LogP contribution in [0.2, 0.25) is 0 Å². The van der Waals surface area contributed by atoms with E-state index in [2.05, 4.69) is 10.3 Å². The maximum absolute atomic E-state index is 11.4. The molecule has 5 nitrogen and oxygen atoms in total. The molecule has 0 aliphatic carbocycles. The normalized spacial score (nSPS) is 9.93. The molecule has 0 unspecified atom stereocenters. The molecule has 0 fully saturated rings. The number of pyridine rings is 1. The van der Waals surface area contributed by atoms with Gasteiger partial charge in [-0.15, -0.1) is 0 Å². The van der Waals surface area contributed by atoms with E-state index in [-0.39, 0.29) is 18.3 Å². The highest BCUT2D eigenvalue weighted by Gasteiger charge is 2.05. The summed E-state index contributed by atoms with van der Waals surface area (Å²) in [4.78, 5) is 15.1. The highest BCUT2D eigenvalue weighted by Crippen LogP contribution is 2.07. The SMILES string of the molecule is O=C(NCCCCO)c1cncc(O)c1. The fourth-order valence-electron chi connectivity index (χ4n) is 1.09. The molecule has 0 aliphatic rings. The molecule has 1 amide bonds. The third kappa shape index (κ3) is 3.95. The number of aliphatic hydroxyl groups is 1. The molecule has 0 atom stereocenters. The van der Waals surface area contributed by atoms with Crippen molar-refractivity contribution in [3.63, 3.8) is 0 Å². The van der Waals surface area contributed by atoms with Gasteiger partial charge in [-0.05, 0) is 18.9 Å². The van der Waals surface area contributed by atoms with Crippen molar-refractivity contribution in [3.8, 4) is 5.75 Å². The molecule has 5 heteroatoms. The molecule has 82 valence electrons. The number of nitrogens with one attached hydrogen (secondary N) is 1. The number of aromatic hydroxyl groups is 1. The van der Waals surface area contributed by atoms with Gasteiger partial charge in [-0.25, -0.2) is 0 Å². The Labute approximate surface area is 87.8 Å². The number of aromatic nitrogens is 1. The summed E-state index contributed by atoms with van der Waals surface area (Å²) < 4.78 is 0. The first-order valence-electron chi connectivity index (χ1n) is 4.77. The maximum atomic E-state index is 11.4. The molecule has 0 bridgehead atoms. The first-order valence-corrected chi connectivity index (χ1v) is 4.77. The third-order valence-electron chi connectivity index (χ3n) is 1.86. The third-order valence-corrected chi connectivity index (χ3v) is 1.86. The lowest BCUT2D eigenvalue weighted by Crippen LogP contribution is -2.24. The Bertz CT molecular complexity index is 328. The lowest BCUT2D eigenvalue weighted by atomic mass is 10.2. The topological polar surface area (TPSA) is 82.5 Å². The molecule has 3 N–H and O–H groups in total. The minimum atomic E-state index is -0.267. The lowest BCUT2D eigenvalue weighted by molar-refractivity contribution is 0.0951. The fraction of sp³-hybridized carbons (Fsp3) is 0.400. The zero-order valence-corrected chi connectivity index (χ0v) is 8.31. The van der Waals surface area contributed by atoms with E-state index in [9.17, 15) is 4.79 Å². The average Bonchev–Trinajstić information content (AvgIpc) is 2.24. The van der Waals surface area contributed by atoms with Crippen LogP contribution in [-0.2, 0) is 0 Å². The van der Waals surface area contributed by atoms with Crippen LogP contribution in [0, 0.1) is 0 Å². The molecule has 1 heterocycles. The van der Waals surface area contributed by atoms with Crippen LogP contribution < -0.4 is 5.32 Å². The molecule has 0 radical (unpaired) electrons. The van der Waals surface area contributed by atoms with Crippen molar-refractivity contribution in [2.24, 2.45) is 0 Å². The van der Waals surface area contributed by atoms with Crippen molar-refractivity contribution in [1.82, 2.24) is 10.3 Å². The summed E-state index contributed by atoms with van der Waals surface area (Å²) in [6.07, 6.45) is 4.05. The van der Waals surface area contributed by atoms with Crippen molar-refractivity contribution < 1.29 is 15.0 Å². The summed E-state index contributed by atoms with van der Waals surface area (Å²) in [5.74, 6) is -0.297. The number of unbranched alkanes of at least 4 members (excludes halogenated alkanes) is 1. The quantitative estimate of drug-likeness (QED) is 0.610. The Morgan fingerprint density at radius 3 is 2.87 bits per heavy atom. The van der Waals surface area contributed by atoms with E-state index in [0.717, 1.165) is 6.42 Å². The monoisotopic (exact) mass is 210 g/mol. The van der Waals surface area contributed by atoms with Crippen molar-refractivity contribution >= 4 is 5.91 Å². The Morgan fingerprint density at radius 2 is 2.20 bits per heavy atom. The number of carbonyl (C=O) groups is 1. The van der Waals surface area contributed by atoms with Gasteiger partial charge < -0.3 is 15.5 Å². The smallest absolute Gasteiger partial charge is 0.252 e. The molecule has 0 aliphatic heterocycles. The van der Waals surface area contributed by atoms with Gasteiger partial charge >= 0.3 is 0 Å². The molecule has 1 rings (SSSR count).